The molecule has 15 heavy (non-hydrogen) atoms. The highest BCUT2D eigenvalue weighted by Gasteiger charge is 2.19. The lowest BCUT2D eigenvalue weighted by molar-refractivity contribution is 0.0995. The Labute approximate surface area is 88.3 Å². The van der Waals surface area contributed by atoms with Gasteiger partial charge in [-0.05, 0) is 6.07 Å². The van der Waals surface area contributed by atoms with E-state index in [2.05, 4.69) is 4.98 Å². The minimum atomic E-state index is -2.92. The van der Waals surface area contributed by atoms with Crippen molar-refractivity contribution < 1.29 is 13.6 Å². The second kappa shape index (κ2) is 4.19. The highest BCUT2D eigenvalue weighted by Crippen LogP contribution is 2.27. The lowest BCUT2D eigenvalue weighted by atomic mass is 10.1. The second-order valence-corrected chi connectivity index (χ2v) is 2.90. The minimum Gasteiger partial charge on any atom is -0.364 e. The molecule has 7 heteroatoms. The van der Waals surface area contributed by atoms with Crippen molar-refractivity contribution in [3.63, 3.8) is 0 Å². The Balaban J connectivity index is 3.47. The third-order valence-electron chi connectivity index (χ3n) is 1.61. The Morgan fingerprint density at radius 2 is 2.27 bits per heavy atom. The first-order valence-corrected chi connectivity index (χ1v) is 4.03. The van der Waals surface area contributed by atoms with Gasteiger partial charge in [-0.15, -0.1) is 0 Å². The largest absolute Gasteiger partial charge is 0.364 e. The molecule has 0 bridgehead atoms. The monoisotopic (exact) mass is 231 g/mol. The molecule has 1 aromatic heterocycles. The molecule has 0 radical (unpaired) electrons. The zero-order valence-corrected chi connectivity index (χ0v) is 7.92. The molecule has 78 valence electrons. The quantitative estimate of drug-likeness (QED) is 0.786. The maximum Gasteiger partial charge on any atom is 0.267 e. The van der Waals surface area contributed by atoms with E-state index in [0.717, 1.165) is 6.07 Å². The van der Waals surface area contributed by atoms with Crippen LogP contribution < -0.4 is 5.73 Å². The van der Waals surface area contributed by atoms with Crippen molar-refractivity contribution in [1.82, 2.24) is 4.98 Å². The number of halogens is 3. The maximum absolute atomic E-state index is 12.4. The Kier molecular flexibility index (Phi) is 3.17. The van der Waals surface area contributed by atoms with Crippen molar-refractivity contribution in [2.75, 3.05) is 0 Å². The van der Waals surface area contributed by atoms with Crippen LogP contribution in [0.3, 0.4) is 0 Å². The number of hydrogen-bond donors (Lipinski definition) is 1. The van der Waals surface area contributed by atoms with Gasteiger partial charge in [0, 0.05) is 5.56 Å². The smallest absolute Gasteiger partial charge is 0.267 e. The van der Waals surface area contributed by atoms with E-state index in [4.69, 9.17) is 22.6 Å². The lowest BCUT2D eigenvalue weighted by Gasteiger charge is -2.05. The van der Waals surface area contributed by atoms with Crippen LogP contribution >= 0.6 is 11.6 Å². The van der Waals surface area contributed by atoms with Crippen molar-refractivity contribution in [3.8, 4) is 6.07 Å². The fraction of sp³-hybridized carbons (Fsp3) is 0.125. The SMILES string of the molecule is N#Cc1c(C(F)F)cc(C(N)=O)nc1Cl. The zero-order valence-electron chi connectivity index (χ0n) is 7.17. The van der Waals surface area contributed by atoms with E-state index < -0.39 is 34.3 Å². The Morgan fingerprint density at radius 1 is 1.67 bits per heavy atom. The summed E-state index contributed by atoms with van der Waals surface area (Å²) in [5.74, 6) is -0.983. The molecular weight excluding hydrogens is 228 g/mol. The van der Waals surface area contributed by atoms with E-state index >= 15 is 0 Å². The van der Waals surface area contributed by atoms with Gasteiger partial charge in [0.2, 0.25) is 0 Å². The van der Waals surface area contributed by atoms with E-state index in [1.807, 2.05) is 0 Å². The summed E-state index contributed by atoms with van der Waals surface area (Å²) in [6, 6.07) is 2.25. The topological polar surface area (TPSA) is 79.8 Å². The molecule has 0 fully saturated rings. The molecule has 0 saturated carbocycles. The highest BCUT2D eigenvalue weighted by atomic mass is 35.5. The summed E-state index contributed by atoms with van der Waals surface area (Å²) in [7, 11) is 0. The summed E-state index contributed by atoms with van der Waals surface area (Å²) in [6.45, 7) is 0. The van der Waals surface area contributed by atoms with Crippen molar-refractivity contribution in [3.05, 3.63) is 28.0 Å². The highest BCUT2D eigenvalue weighted by molar-refractivity contribution is 6.30. The van der Waals surface area contributed by atoms with E-state index in [1.54, 1.807) is 0 Å². The third-order valence-corrected chi connectivity index (χ3v) is 1.88. The van der Waals surface area contributed by atoms with Gasteiger partial charge in [0.15, 0.2) is 0 Å². The fourth-order valence-corrected chi connectivity index (χ4v) is 1.18. The van der Waals surface area contributed by atoms with Crippen molar-refractivity contribution in [2.24, 2.45) is 5.73 Å². The number of nitrogens with two attached hydrogens (primary N) is 1. The molecule has 0 aliphatic carbocycles. The van der Waals surface area contributed by atoms with Gasteiger partial charge in [-0.25, -0.2) is 13.8 Å². The van der Waals surface area contributed by atoms with Crippen LogP contribution in [0.15, 0.2) is 6.07 Å². The summed E-state index contributed by atoms with van der Waals surface area (Å²) in [4.78, 5) is 14.1. The first-order valence-electron chi connectivity index (χ1n) is 3.66. The van der Waals surface area contributed by atoms with Crippen molar-refractivity contribution in [1.29, 1.82) is 5.26 Å². The van der Waals surface area contributed by atoms with Gasteiger partial charge in [0.05, 0.1) is 5.56 Å². The van der Waals surface area contributed by atoms with Crippen LogP contribution in [0.25, 0.3) is 0 Å². The van der Waals surface area contributed by atoms with E-state index in [9.17, 15) is 13.6 Å². The van der Waals surface area contributed by atoms with Crippen molar-refractivity contribution >= 4 is 17.5 Å². The van der Waals surface area contributed by atoms with Gasteiger partial charge >= 0.3 is 0 Å². The molecule has 0 unspecified atom stereocenters. The molecule has 0 aliphatic heterocycles. The van der Waals surface area contributed by atoms with Crippen LogP contribution in [-0.2, 0) is 0 Å². The molecule has 1 heterocycles. The van der Waals surface area contributed by atoms with Gasteiger partial charge in [-0.3, -0.25) is 4.79 Å². The van der Waals surface area contributed by atoms with Crippen LogP contribution in [0, 0.1) is 11.3 Å². The molecule has 0 saturated heterocycles. The van der Waals surface area contributed by atoms with Gasteiger partial charge in [-0.2, -0.15) is 5.26 Å². The third kappa shape index (κ3) is 2.19. The molecule has 0 atom stereocenters. The molecule has 0 aromatic carbocycles. The summed E-state index contributed by atoms with van der Waals surface area (Å²) in [5.41, 5.74) is 3.37. The van der Waals surface area contributed by atoms with Gasteiger partial charge < -0.3 is 5.73 Å². The average molecular weight is 232 g/mol. The number of nitrogens with zero attached hydrogens (tertiary/aromatic N) is 2. The van der Waals surface area contributed by atoms with E-state index in [1.165, 1.54) is 6.07 Å². The number of pyridine rings is 1. The molecule has 0 spiro atoms. The number of nitriles is 1. The predicted molar refractivity (Wildman–Crippen MR) is 47.4 cm³/mol. The molecule has 2 N–H and O–H groups in total. The van der Waals surface area contributed by atoms with Crippen LogP contribution in [-0.4, -0.2) is 10.9 Å². The molecule has 1 rings (SSSR count). The molecule has 4 nitrogen and oxygen atoms in total. The number of amides is 1. The average Bonchev–Trinajstić information content (AvgIpc) is 2.16. The van der Waals surface area contributed by atoms with Crippen molar-refractivity contribution in [2.45, 2.75) is 6.43 Å². The molecule has 1 aromatic rings. The number of alkyl halides is 2. The Bertz CT molecular complexity index is 456. The number of hydrogen-bond acceptors (Lipinski definition) is 3. The number of carbonyl (C=O) groups excluding carboxylic acids is 1. The van der Waals surface area contributed by atoms with Gasteiger partial charge in [0.25, 0.3) is 12.3 Å². The van der Waals surface area contributed by atoms with Crippen LogP contribution in [0.2, 0.25) is 5.15 Å². The Morgan fingerprint density at radius 3 is 2.67 bits per heavy atom. The number of primary amides is 1. The van der Waals surface area contributed by atoms with Gasteiger partial charge in [0.1, 0.15) is 16.9 Å². The zero-order chi connectivity index (χ0) is 11.6. The first-order chi connectivity index (χ1) is 6.97. The summed E-state index contributed by atoms with van der Waals surface area (Å²) < 4.78 is 24.9. The second-order valence-electron chi connectivity index (χ2n) is 2.54. The van der Waals surface area contributed by atoms with Crippen LogP contribution in [0.4, 0.5) is 8.78 Å². The predicted octanol–water partition coefficient (Wildman–Crippen LogP) is 1.64. The van der Waals surface area contributed by atoms with E-state index in [-0.39, 0.29) is 0 Å². The summed E-state index contributed by atoms with van der Waals surface area (Å²) >= 11 is 5.45. The lowest BCUT2D eigenvalue weighted by Crippen LogP contribution is -2.14. The summed E-state index contributed by atoms with van der Waals surface area (Å²) in [6.07, 6.45) is -2.92. The molecular formula is C8H4ClF2N3O. The standard InChI is InChI=1S/C8H4ClF2N3O/c9-6-4(2-12)3(7(10)11)1-5(14-6)8(13)15/h1,7H,(H2,13,15). The Hall–Kier alpha value is -1.74. The summed E-state index contributed by atoms with van der Waals surface area (Å²) in [5, 5.41) is 8.10. The number of rotatable bonds is 2. The van der Waals surface area contributed by atoms with Crippen LogP contribution in [0.5, 0.6) is 0 Å². The fourth-order valence-electron chi connectivity index (χ4n) is 0.942. The minimum absolute atomic E-state index is 0.394. The van der Waals surface area contributed by atoms with Crippen LogP contribution in [0.1, 0.15) is 28.0 Å². The number of carbonyl (C=O) groups is 1. The number of aromatic nitrogens is 1. The van der Waals surface area contributed by atoms with E-state index in [0.29, 0.717) is 0 Å². The van der Waals surface area contributed by atoms with Gasteiger partial charge in [-0.1, -0.05) is 11.6 Å². The normalized spacial score (nSPS) is 10.1. The first kappa shape index (κ1) is 11.3. The molecule has 1 amide bonds. The molecule has 0 aliphatic rings. The maximum atomic E-state index is 12.4.